The van der Waals surface area contributed by atoms with Gasteiger partial charge in [-0.2, -0.15) is 0 Å². The van der Waals surface area contributed by atoms with Gasteiger partial charge in [-0.3, -0.25) is 9.80 Å². The van der Waals surface area contributed by atoms with Gasteiger partial charge in [0.05, 0.1) is 0 Å². The average Bonchev–Trinajstić information content (AvgIpc) is 2.86. The molecule has 3 aliphatic rings. The normalized spacial score (nSPS) is 36.2. The van der Waals surface area contributed by atoms with E-state index in [1.54, 1.807) is 0 Å². The molecular weight excluding hydrogens is 222 g/mol. The van der Waals surface area contributed by atoms with Gasteiger partial charge in [-0.25, -0.2) is 0 Å². The highest BCUT2D eigenvalue weighted by Crippen LogP contribution is 2.36. The second kappa shape index (κ2) is 4.77. The molecule has 3 heteroatoms. The minimum atomic E-state index is 0.365. The zero-order valence-corrected chi connectivity index (χ0v) is 12.3. The molecule has 2 unspecified atom stereocenters. The Hall–Kier alpha value is -0.120. The van der Waals surface area contributed by atoms with E-state index in [1.807, 2.05) is 0 Å². The van der Waals surface area contributed by atoms with Crippen molar-refractivity contribution in [3.63, 3.8) is 0 Å². The lowest BCUT2D eigenvalue weighted by Gasteiger charge is -2.35. The molecule has 0 spiro atoms. The Bertz CT molecular complexity index is 277. The Labute approximate surface area is 112 Å². The minimum Gasteiger partial charge on any atom is -0.317 e. The Morgan fingerprint density at radius 1 is 0.889 bits per heavy atom. The van der Waals surface area contributed by atoms with Crippen LogP contribution in [0.15, 0.2) is 0 Å². The zero-order valence-electron chi connectivity index (χ0n) is 12.3. The predicted molar refractivity (Wildman–Crippen MR) is 75.8 cm³/mol. The highest BCUT2D eigenvalue weighted by Gasteiger charge is 2.44. The van der Waals surface area contributed by atoms with Crippen LogP contribution in [0.2, 0.25) is 0 Å². The van der Waals surface area contributed by atoms with E-state index in [0.29, 0.717) is 5.54 Å². The Kier molecular flexibility index (Phi) is 3.41. The zero-order chi connectivity index (χ0) is 12.8. The van der Waals surface area contributed by atoms with E-state index in [1.165, 1.54) is 52.1 Å². The van der Waals surface area contributed by atoms with Crippen LogP contribution in [0.1, 0.15) is 33.6 Å². The molecule has 18 heavy (non-hydrogen) atoms. The Balaban J connectivity index is 1.56. The van der Waals surface area contributed by atoms with Crippen molar-refractivity contribution in [1.82, 2.24) is 15.1 Å². The SMILES string of the molecule is CC(C)(C)N1CC2CN(C3CCNCC3)CC2C1. The standard InChI is InChI=1S/C15H29N3/c1-15(2,3)18-10-12-8-17(9-13(12)11-18)14-4-6-16-7-5-14/h12-14,16H,4-11H2,1-3H3. The fourth-order valence-electron chi connectivity index (χ4n) is 4.05. The molecule has 3 nitrogen and oxygen atoms in total. The lowest BCUT2D eigenvalue weighted by Crippen LogP contribution is -2.45. The van der Waals surface area contributed by atoms with Crippen molar-refractivity contribution in [3.05, 3.63) is 0 Å². The maximum atomic E-state index is 3.48. The molecule has 0 aromatic carbocycles. The molecule has 3 rings (SSSR count). The van der Waals surface area contributed by atoms with E-state index >= 15 is 0 Å². The van der Waals surface area contributed by atoms with Gasteiger partial charge >= 0.3 is 0 Å². The minimum absolute atomic E-state index is 0.365. The van der Waals surface area contributed by atoms with Crippen molar-refractivity contribution in [2.75, 3.05) is 39.3 Å². The Morgan fingerprint density at radius 2 is 1.44 bits per heavy atom. The van der Waals surface area contributed by atoms with Crippen LogP contribution in [0.4, 0.5) is 0 Å². The summed E-state index contributed by atoms with van der Waals surface area (Å²) in [4.78, 5) is 5.50. The van der Waals surface area contributed by atoms with Crippen LogP contribution in [0.25, 0.3) is 0 Å². The molecule has 0 aliphatic carbocycles. The molecule has 0 saturated carbocycles. The third-order valence-corrected chi connectivity index (χ3v) is 5.29. The molecule has 1 N–H and O–H groups in total. The summed E-state index contributed by atoms with van der Waals surface area (Å²) in [6.45, 7) is 14.9. The average molecular weight is 251 g/mol. The maximum Gasteiger partial charge on any atom is 0.0125 e. The van der Waals surface area contributed by atoms with Gasteiger partial charge in [0.1, 0.15) is 0 Å². The molecule has 3 saturated heterocycles. The molecule has 0 aromatic rings. The van der Waals surface area contributed by atoms with Crippen LogP contribution in [0, 0.1) is 11.8 Å². The van der Waals surface area contributed by atoms with Crippen molar-refractivity contribution >= 4 is 0 Å². The number of rotatable bonds is 1. The number of nitrogens with one attached hydrogen (secondary N) is 1. The fraction of sp³-hybridized carbons (Fsp3) is 1.00. The first-order valence-electron chi connectivity index (χ1n) is 7.74. The van der Waals surface area contributed by atoms with Crippen LogP contribution < -0.4 is 5.32 Å². The van der Waals surface area contributed by atoms with E-state index in [4.69, 9.17) is 0 Å². The summed E-state index contributed by atoms with van der Waals surface area (Å²) in [7, 11) is 0. The number of likely N-dealkylation sites (tertiary alicyclic amines) is 2. The second-order valence-electron chi connectivity index (χ2n) is 7.53. The molecule has 0 radical (unpaired) electrons. The predicted octanol–water partition coefficient (Wildman–Crippen LogP) is 1.40. The van der Waals surface area contributed by atoms with Crippen LogP contribution in [-0.4, -0.2) is 60.6 Å². The van der Waals surface area contributed by atoms with Gasteiger partial charge in [-0.05, 0) is 58.5 Å². The molecule has 2 atom stereocenters. The Morgan fingerprint density at radius 3 is 1.94 bits per heavy atom. The quantitative estimate of drug-likeness (QED) is 0.760. The van der Waals surface area contributed by atoms with Gasteiger partial charge in [-0.15, -0.1) is 0 Å². The van der Waals surface area contributed by atoms with Gasteiger partial charge in [0, 0.05) is 37.8 Å². The first-order chi connectivity index (χ1) is 8.54. The molecule has 3 aliphatic heterocycles. The molecule has 0 aromatic heterocycles. The van der Waals surface area contributed by atoms with Crippen molar-refractivity contribution in [2.45, 2.75) is 45.2 Å². The lowest BCUT2D eigenvalue weighted by atomic mass is 10.0. The monoisotopic (exact) mass is 251 g/mol. The first kappa shape index (κ1) is 12.9. The summed E-state index contributed by atoms with van der Waals surface area (Å²) >= 11 is 0. The van der Waals surface area contributed by atoms with Crippen molar-refractivity contribution in [1.29, 1.82) is 0 Å². The van der Waals surface area contributed by atoms with Gasteiger partial charge in [0.2, 0.25) is 0 Å². The van der Waals surface area contributed by atoms with Crippen molar-refractivity contribution < 1.29 is 0 Å². The maximum absolute atomic E-state index is 3.48. The second-order valence-corrected chi connectivity index (χ2v) is 7.53. The number of nitrogens with zero attached hydrogens (tertiary/aromatic N) is 2. The topological polar surface area (TPSA) is 18.5 Å². The highest BCUT2D eigenvalue weighted by atomic mass is 15.3. The van der Waals surface area contributed by atoms with Gasteiger partial charge in [0.15, 0.2) is 0 Å². The van der Waals surface area contributed by atoms with E-state index in [2.05, 4.69) is 35.9 Å². The van der Waals surface area contributed by atoms with E-state index in [-0.39, 0.29) is 0 Å². The summed E-state index contributed by atoms with van der Waals surface area (Å²) in [5.74, 6) is 1.89. The van der Waals surface area contributed by atoms with E-state index in [9.17, 15) is 0 Å². The van der Waals surface area contributed by atoms with Gasteiger partial charge in [-0.1, -0.05) is 0 Å². The molecule has 0 amide bonds. The first-order valence-corrected chi connectivity index (χ1v) is 7.74. The molecule has 3 fully saturated rings. The van der Waals surface area contributed by atoms with E-state index < -0.39 is 0 Å². The van der Waals surface area contributed by atoms with Crippen LogP contribution in [0.5, 0.6) is 0 Å². The van der Waals surface area contributed by atoms with Crippen molar-refractivity contribution in [2.24, 2.45) is 11.8 Å². The summed E-state index contributed by atoms with van der Waals surface area (Å²) < 4.78 is 0. The molecule has 3 heterocycles. The van der Waals surface area contributed by atoms with Crippen LogP contribution >= 0.6 is 0 Å². The number of fused-ring (bicyclic) bond motifs is 1. The molecular formula is C15H29N3. The largest absolute Gasteiger partial charge is 0.317 e. The number of hydrogen-bond donors (Lipinski definition) is 1. The third kappa shape index (κ3) is 2.45. The van der Waals surface area contributed by atoms with Crippen LogP contribution in [0.3, 0.4) is 0 Å². The number of hydrogen-bond acceptors (Lipinski definition) is 3. The van der Waals surface area contributed by atoms with Crippen LogP contribution in [-0.2, 0) is 0 Å². The molecule has 104 valence electrons. The smallest absolute Gasteiger partial charge is 0.0125 e. The van der Waals surface area contributed by atoms with Gasteiger partial charge in [0.25, 0.3) is 0 Å². The van der Waals surface area contributed by atoms with Crippen molar-refractivity contribution in [3.8, 4) is 0 Å². The lowest BCUT2D eigenvalue weighted by molar-refractivity contribution is 0.131. The van der Waals surface area contributed by atoms with Gasteiger partial charge < -0.3 is 5.32 Å². The summed E-state index contributed by atoms with van der Waals surface area (Å²) in [6.07, 6.45) is 2.73. The summed E-state index contributed by atoms with van der Waals surface area (Å²) in [6, 6.07) is 0.875. The molecule has 0 bridgehead atoms. The van der Waals surface area contributed by atoms with E-state index in [0.717, 1.165) is 17.9 Å². The fourth-order valence-corrected chi connectivity index (χ4v) is 4.05. The summed E-state index contributed by atoms with van der Waals surface area (Å²) in [5.41, 5.74) is 0.365. The highest BCUT2D eigenvalue weighted by molar-refractivity contribution is 4.98. The number of piperidine rings is 1. The third-order valence-electron chi connectivity index (χ3n) is 5.29. The summed E-state index contributed by atoms with van der Waals surface area (Å²) in [5, 5.41) is 3.48.